The average Bonchev–Trinajstić information content (AvgIpc) is 2.26. The third-order valence-electron chi connectivity index (χ3n) is 2.69. The molecule has 1 rings (SSSR count). The highest BCUT2D eigenvalue weighted by Gasteiger charge is 2.02. The summed E-state index contributed by atoms with van der Waals surface area (Å²) in [7, 11) is 0. The van der Waals surface area contributed by atoms with Gasteiger partial charge in [0.05, 0.1) is 0 Å². The topological polar surface area (TPSA) is 0 Å². The molecule has 0 aromatic heterocycles. The fraction of sp³-hybridized carbons (Fsp3) is 0.538. The van der Waals surface area contributed by atoms with Gasteiger partial charge in [-0.05, 0) is 30.2 Å². The molecule has 0 bridgehead atoms. The lowest BCUT2D eigenvalue weighted by molar-refractivity contribution is 0.481. The molecule has 0 fully saturated rings. The molecular weight excluding hydrogens is 188 g/mol. The summed E-state index contributed by atoms with van der Waals surface area (Å²) in [6, 6.07) is 10.7. The summed E-state index contributed by atoms with van der Waals surface area (Å²) in [6.45, 7) is 4.59. The maximum absolute atomic E-state index is 2.29. The van der Waals surface area contributed by atoms with Crippen molar-refractivity contribution >= 4 is 11.8 Å². The van der Waals surface area contributed by atoms with Crippen LogP contribution in [0.3, 0.4) is 0 Å². The number of hydrogen-bond donors (Lipinski definition) is 0. The Balaban J connectivity index is 2.21. The molecule has 14 heavy (non-hydrogen) atoms. The minimum absolute atomic E-state index is 0.922. The van der Waals surface area contributed by atoms with Crippen molar-refractivity contribution < 1.29 is 0 Å². The van der Waals surface area contributed by atoms with E-state index in [-0.39, 0.29) is 0 Å². The summed E-state index contributed by atoms with van der Waals surface area (Å²) in [4.78, 5) is 1.40. The highest BCUT2D eigenvalue weighted by atomic mass is 32.2. The number of benzene rings is 1. The van der Waals surface area contributed by atoms with Crippen molar-refractivity contribution in [3.8, 4) is 0 Å². The van der Waals surface area contributed by atoms with Gasteiger partial charge in [0, 0.05) is 4.90 Å². The van der Waals surface area contributed by atoms with Crippen LogP contribution in [0.2, 0.25) is 0 Å². The predicted molar refractivity (Wildman–Crippen MR) is 65.9 cm³/mol. The van der Waals surface area contributed by atoms with Crippen LogP contribution in [0.1, 0.15) is 33.1 Å². The lowest BCUT2D eigenvalue weighted by Crippen LogP contribution is -1.97. The lowest BCUT2D eigenvalue weighted by atomic mass is 10.0. The van der Waals surface area contributed by atoms with Gasteiger partial charge >= 0.3 is 0 Å². The molecule has 0 radical (unpaired) electrons. The van der Waals surface area contributed by atoms with E-state index in [0.717, 1.165) is 5.92 Å². The summed E-state index contributed by atoms with van der Waals surface area (Å²) in [5, 5.41) is 0. The highest BCUT2D eigenvalue weighted by Crippen LogP contribution is 2.22. The van der Waals surface area contributed by atoms with Gasteiger partial charge in [-0.25, -0.2) is 0 Å². The predicted octanol–water partition coefficient (Wildman–Crippen LogP) is 4.61. The van der Waals surface area contributed by atoms with Crippen LogP contribution in [0.5, 0.6) is 0 Å². The standard InChI is InChI=1S/C13H20S/c1-3-12(4-2)10-11-14-13-8-6-5-7-9-13/h5-9,12H,3-4,10-11H2,1-2H3. The monoisotopic (exact) mass is 208 g/mol. The van der Waals surface area contributed by atoms with Crippen molar-refractivity contribution in [1.29, 1.82) is 0 Å². The molecule has 0 spiro atoms. The minimum Gasteiger partial charge on any atom is -0.126 e. The maximum atomic E-state index is 2.29. The van der Waals surface area contributed by atoms with Gasteiger partial charge < -0.3 is 0 Å². The van der Waals surface area contributed by atoms with E-state index in [1.165, 1.54) is 29.9 Å². The molecule has 78 valence electrons. The zero-order chi connectivity index (χ0) is 10.2. The van der Waals surface area contributed by atoms with Gasteiger partial charge in [0.1, 0.15) is 0 Å². The van der Waals surface area contributed by atoms with Crippen LogP contribution in [0.15, 0.2) is 35.2 Å². The normalized spacial score (nSPS) is 10.8. The summed E-state index contributed by atoms with van der Waals surface area (Å²) in [5.41, 5.74) is 0. The first kappa shape index (κ1) is 11.6. The first-order chi connectivity index (χ1) is 6.86. The molecule has 0 atom stereocenters. The Labute approximate surface area is 92.1 Å². The van der Waals surface area contributed by atoms with E-state index in [1.54, 1.807) is 0 Å². The van der Waals surface area contributed by atoms with Crippen LogP contribution < -0.4 is 0 Å². The van der Waals surface area contributed by atoms with Crippen molar-refractivity contribution in [3.05, 3.63) is 30.3 Å². The quantitative estimate of drug-likeness (QED) is 0.615. The number of thioether (sulfide) groups is 1. The largest absolute Gasteiger partial charge is 0.126 e. The van der Waals surface area contributed by atoms with Crippen LogP contribution in [0, 0.1) is 5.92 Å². The number of hydrogen-bond acceptors (Lipinski definition) is 1. The Morgan fingerprint density at radius 1 is 1.07 bits per heavy atom. The van der Waals surface area contributed by atoms with Gasteiger partial charge in [-0.2, -0.15) is 0 Å². The second-order valence-electron chi connectivity index (χ2n) is 3.63. The molecule has 0 nitrogen and oxygen atoms in total. The molecule has 0 heterocycles. The Bertz CT molecular complexity index is 226. The van der Waals surface area contributed by atoms with Crippen LogP contribution >= 0.6 is 11.8 Å². The summed E-state index contributed by atoms with van der Waals surface area (Å²) in [6.07, 6.45) is 4.00. The highest BCUT2D eigenvalue weighted by molar-refractivity contribution is 7.99. The molecule has 0 saturated carbocycles. The van der Waals surface area contributed by atoms with E-state index >= 15 is 0 Å². The third-order valence-corrected chi connectivity index (χ3v) is 3.74. The Hall–Kier alpha value is -0.430. The first-order valence-electron chi connectivity index (χ1n) is 5.54. The average molecular weight is 208 g/mol. The van der Waals surface area contributed by atoms with Crippen LogP contribution in [0.25, 0.3) is 0 Å². The second-order valence-corrected chi connectivity index (χ2v) is 4.80. The summed E-state index contributed by atoms with van der Waals surface area (Å²) < 4.78 is 0. The third kappa shape index (κ3) is 4.19. The fourth-order valence-electron chi connectivity index (χ4n) is 1.56. The van der Waals surface area contributed by atoms with Gasteiger partial charge in [0.15, 0.2) is 0 Å². The van der Waals surface area contributed by atoms with Gasteiger partial charge in [-0.15, -0.1) is 11.8 Å². The lowest BCUT2D eigenvalue weighted by Gasteiger charge is -2.10. The fourth-order valence-corrected chi connectivity index (χ4v) is 2.59. The Morgan fingerprint density at radius 3 is 2.29 bits per heavy atom. The van der Waals surface area contributed by atoms with Crippen LogP contribution in [0.4, 0.5) is 0 Å². The zero-order valence-electron chi connectivity index (χ0n) is 9.20. The Morgan fingerprint density at radius 2 is 1.71 bits per heavy atom. The van der Waals surface area contributed by atoms with Crippen LogP contribution in [-0.2, 0) is 0 Å². The van der Waals surface area contributed by atoms with Crippen molar-refractivity contribution in [1.82, 2.24) is 0 Å². The molecular formula is C13H20S. The molecule has 1 aromatic carbocycles. The van der Waals surface area contributed by atoms with E-state index in [2.05, 4.69) is 44.2 Å². The molecule has 0 N–H and O–H groups in total. The first-order valence-corrected chi connectivity index (χ1v) is 6.53. The summed E-state index contributed by atoms with van der Waals surface area (Å²) >= 11 is 1.98. The van der Waals surface area contributed by atoms with E-state index in [4.69, 9.17) is 0 Å². The molecule has 0 aliphatic carbocycles. The van der Waals surface area contributed by atoms with Crippen LogP contribution in [-0.4, -0.2) is 5.75 Å². The summed E-state index contributed by atoms with van der Waals surface area (Å²) in [5.74, 6) is 2.18. The smallest absolute Gasteiger partial charge is 0.00719 e. The Kier molecular flexibility index (Phi) is 5.77. The molecule has 0 saturated heterocycles. The molecule has 1 heteroatoms. The second kappa shape index (κ2) is 6.94. The maximum Gasteiger partial charge on any atom is 0.00719 e. The van der Waals surface area contributed by atoms with Crippen molar-refractivity contribution in [2.45, 2.75) is 38.0 Å². The zero-order valence-corrected chi connectivity index (χ0v) is 10.0. The molecule has 0 unspecified atom stereocenters. The molecule has 1 aromatic rings. The minimum atomic E-state index is 0.922. The van der Waals surface area contributed by atoms with E-state index in [9.17, 15) is 0 Å². The number of rotatable bonds is 6. The van der Waals surface area contributed by atoms with E-state index < -0.39 is 0 Å². The van der Waals surface area contributed by atoms with Gasteiger partial charge in [-0.3, -0.25) is 0 Å². The molecule has 0 aliphatic heterocycles. The van der Waals surface area contributed by atoms with Gasteiger partial charge in [0.2, 0.25) is 0 Å². The van der Waals surface area contributed by atoms with E-state index in [0.29, 0.717) is 0 Å². The van der Waals surface area contributed by atoms with Gasteiger partial charge in [-0.1, -0.05) is 44.9 Å². The molecule has 0 amide bonds. The van der Waals surface area contributed by atoms with Gasteiger partial charge in [0.25, 0.3) is 0 Å². The SMILES string of the molecule is CCC(CC)CCSc1ccccc1. The van der Waals surface area contributed by atoms with Crippen molar-refractivity contribution in [2.24, 2.45) is 5.92 Å². The van der Waals surface area contributed by atoms with E-state index in [1.807, 2.05) is 11.8 Å². The molecule has 0 aliphatic rings. The van der Waals surface area contributed by atoms with Crippen molar-refractivity contribution in [3.63, 3.8) is 0 Å². The van der Waals surface area contributed by atoms with Crippen molar-refractivity contribution in [2.75, 3.05) is 5.75 Å².